The molecule has 3 nitrogen and oxygen atoms in total. The summed E-state index contributed by atoms with van der Waals surface area (Å²) in [6.45, 7) is 3.55. The molecule has 0 radical (unpaired) electrons. The molecular weight excluding hydrogens is 259 g/mol. The normalized spacial score (nSPS) is 23.7. The number of nitrogens with one attached hydrogen (secondary N) is 2. The third-order valence-corrected chi connectivity index (χ3v) is 3.83. The highest BCUT2D eigenvalue weighted by molar-refractivity contribution is 6.42. The van der Waals surface area contributed by atoms with Crippen molar-refractivity contribution < 1.29 is 4.79 Å². The van der Waals surface area contributed by atoms with Crippen molar-refractivity contribution in [2.75, 3.05) is 18.4 Å². The van der Waals surface area contributed by atoms with Crippen LogP contribution in [0.2, 0.25) is 10.0 Å². The number of amides is 1. The van der Waals surface area contributed by atoms with Gasteiger partial charge in [-0.25, -0.2) is 0 Å². The summed E-state index contributed by atoms with van der Waals surface area (Å²) in [7, 11) is 0. The van der Waals surface area contributed by atoms with Crippen molar-refractivity contribution in [3.05, 3.63) is 28.2 Å². The molecule has 1 aliphatic rings. The summed E-state index contributed by atoms with van der Waals surface area (Å²) >= 11 is 11.7. The van der Waals surface area contributed by atoms with Crippen LogP contribution in [-0.2, 0) is 4.79 Å². The molecule has 1 amide bonds. The van der Waals surface area contributed by atoms with E-state index in [2.05, 4.69) is 10.6 Å². The van der Waals surface area contributed by atoms with Gasteiger partial charge in [0.25, 0.3) is 0 Å². The fraction of sp³-hybridized carbons (Fsp3) is 0.417. The maximum Gasteiger partial charge on any atom is 0.231 e. The van der Waals surface area contributed by atoms with Gasteiger partial charge in [0.2, 0.25) is 5.91 Å². The minimum atomic E-state index is -0.341. The van der Waals surface area contributed by atoms with E-state index in [4.69, 9.17) is 23.2 Å². The Morgan fingerprint density at radius 3 is 2.76 bits per heavy atom. The Labute approximate surface area is 110 Å². The van der Waals surface area contributed by atoms with Gasteiger partial charge in [0.1, 0.15) is 0 Å². The van der Waals surface area contributed by atoms with E-state index in [0.29, 0.717) is 22.3 Å². The van der Waals surface area contributed by atoms with Crippen LogP contribution in [0.4, 0.5) is 5.69 Å². The van der Waals surface area contributed by atoms with E-state index in [1.807, 2.05) is 6.92 Å². The van der Waals surface area contributed by atoms with Gasteiger partial charge >= 0.3 is 0 Å². The van der Waals surface area contributed by atoms with Gasteiger partial charge in [-0.3, -0.25) is 4.79 Å². The fourth-order valence-electron chi connectivity index (χ4n) is 1.87. The number of anilines is 1. The molecule has 1 unspecified atom stereocenters. The zero-order chi connectivity index (χ0) is 12.5. The van der Waals surface area contributed by atoms with Crippen LogP contribution in [0, 0.1) is 5.41 Å². The van der Waals surface area contributed by atoms with E-state index in [-0.39, 0.29) is 11.3 Å². The molecule has 1 atom stereocenters. The van der Waals surface area contributed by atoms with E-state index in [1.165, 1.54) is 0 Å². The van der Waals surface area contributed by atoms with E-state index >= 15 is 0 Å². The highest BCUT2D eigenvalue weighted by atomic mass is 35.5. The largest absolute Gasteiger partial charge is 0.326 e. The average molecular weight is 273 g/mol. The second-order valence-electron chi connectivity index (χ2n) is 4.57. The molecule has 1 aromatic rings. The molecule has 0 aliphatic carbocycles. The highest BCUT2D eigenvalue weighted by Gasteiger charge is 2.36. The van der Waals surface area contributed by atoms with Crippen LogP contribution in [0.5, 0.6) is 0 Å². The van der Waals surface area contributed by atoms with Gasteiger partial charge in [0.15, 0.2) is 0 Å². The van der Waals surface area contributed by atoms with Crippen LogP contribution in [0.3, 0.4) is 0 Å². The van der Waals surface area contributed by atoms with Gasteiger partial charge in [-0.05, 0) is 38.1 Å². The molecule has 2 rings (SSSR count). The number of carbonyl (C=O) groups is 1. The van der Waals surface area contributed by atoms with Gasteiger partial charge in [-0.2, -0.15) is 0 Å². The van der Waals surface area contributed by atoms with Crippen LogP contribution in [-0.4, -0.2) is 19.0 Å². The van der Waals surface area contributed by atoms with Crippen molar-refractivity contribution in [2.45, 2.75) is 13.3 Å². The average Bonchev–Trinajstić information content (AvgIpc) is 2.72. The molecule has 1 aliphatic heterocycles. The first-order valence-electron chi connectivity index (χ1n) is 5.48. The number of hydrogen-bond acceptors (Lipinski definition) is 2. The minimum Gasteiger partial charge on any atom is -0.326 e. The lowest BCUT2D eigenvalue weighted by molar-refractivity contribution is -0.123. The SMILES string of the molecule is CC1(C(=O)Nc2ccc(Cl)c(Cl)c2)CCNC1. The van der Waals surface area contributed by atoms with Crippen LogP contribution in [0.25, 0.3) is 0 Å². The maximum atomic E-state index is 12.1. The molecule has 1 fully saturated rings. The predicted octanol–water partition coefficient (Wildman–Crippen LogP) is 2.93. The molecule has 1 aromatic carbocycles. The summed E-state index contributed by atoms with van der Waals surface area (Å²) in [5.74, 6) is 0.0147. The highest BCUT2D eigenvalue weighted by Crippen LogP contribution is 2.29. The molecule has 0 saturated carbocycles. The lowest BCUT2D eigenvalue weighted by atomic mass is 9.89. The molecule has 0 spiro atoms. The summed E-state index contributed by atoms with van der Waals surface area (Å²) in [6.07, 6.45) is 0.847. The number of benzene rings is 1. The minimum absolute atomic E-state index is 0.0147. The van der Waals surface area contributed by atoms with Gasteiger partial charge in [0.05, 0.1) is 15.5 Å². The number of rotatable bonds is 2. The third kappa shape index (κ3) is 2.73. The second kappa shape index (κ2) is 4.84. The first-order valence-corrected chi connectivity index (χ1v) is 6.24. The Balaban J connectivity index is 2.10. The Morgan fingerprint density at radius 2 is 2.18 bits per heavy atom. The Hall–Kier alpha value is -0.770. The van der Waals surface area contributed by atoms with Crippen molar-refractivity contribution in [3.63, 3.8) is 0 Å². The van der Waals surface area contributed by atoms with E-state index in [1.54, 1.807) is 18.2 Å². The smallest absolute Gasteiger partial charge is 0.231 e. The van der Waals surface area contributed by atoms with Crippen LogP contribution in [0.15, 0.2) is 18.2 Å². The van der Waals surface area contributed by atoms with Gasteiger partial charge in [-0.1, -0.05) is 23.2 Å². The summed E-state index contributed by atoms with van der Waals surface area (Å²) in [5, 5.41) is 6.99. The van der Waals surface area contributed by atoms with E-state index in [9.17, 15) is 4.79 Å². The molecule has 2 N–H and O–H groups in total. The molecule has 0 aromatic heterocycles. The lowest BCUT2D eigenvalue weighted by Crippen LogP contribution is -2.35. The topological polar surface area (TPSA) is 41.1 Å². The summed E-state index contributed by atoms with van der Waals surface area (Å²) in [5.41, 5.74) is 0.337. The maximum absolute atomic E-state index is 12.1. The number of halogens is 2. The standard InChI is InChI=1S/C12H14Cl2N2O/c1-12(4-5-15-7-12)11(17)16-8-2-3-9(13)10(14)6-8/h2-3,6,15H,4-5,7H2,1H3,(H,16,17). The predicted molar refractivity (Wildman–Crippen MR) is 70.7 cm³/mol. The van der Waals surface area contributed by atoms with Crippen LogP contribution in [0.1, 0.15) is 13.3 Å². The fourth-order valence-corrected chi connectivity index (χ4v) is 2.16. The molecule has 5 heteroatoms. The molecule has 1 saturated heterocycles. The number of carbonyl (C=O) groups excluding carboxylic acids is 1. The molecule has 17 heavy (non-hydrogen) atoms. The Morgan fingerprint density at radius 1 is 1.41 bits per heavy atom. The molecular formula is C12H14Cl2N2O. The van der Waals surface area contributed by atoms with Gasteiger partial charge < -0.3 is 10.6 Å². The quantitative estimate of drug-likeness (QED) is 0.869. The zero-order valence-corrected chi connectivity index (χ0v) is 11.0. The van der Waals surface area contributed by atoms with Crippen molar-refractivity contribution in [3.8, 4) is 0 Å². The Kier molecular flexibility index (Phi) is 3.61. The third-order valence-electron chi connectivity index (χ3n) is 3.09. The van der Waals surface area contributed by atoms with Crippen LogP contribution >= 0.6 is 23.2 Å². The summed E-state index contributed by atoms with van der Waals surface area (Å²) < 4.78 is 0. The van der Waals surface area contributed by atoms with Crippen molar-refractivity contribution in [2.24, 2.45) is 5.41 Å². The lowest BCUT2D eigenvalue weighted by Gasteiger charge is -2.21. The molecule has 0 bridgehead atoms. The van der Waals surface area contributed by atoms with Crippen molar-refractivity contribution in [1.82, 2.24) is 5.32 Å². The van der Waals surface area contributed by atoms with Crippen molar-refractivity contribution >= 4 is 34.8 Å². The van der Waals surface area contributed by atoms with Gasteiger partial charge in [-0.15, -0.1) is 0 Å². The summed E-state index contributed by atoms with van der Waals surface area (Å²) in [4.78, 5) is 12.1. The number of hydrogen-bond donors (Lipinski definition) is 2. The van der Waals surface area contributed by atoms with Crippen molar-refractivity contribution in [1.29, 1.82) is 0 Å². The molecule has 92 valence electrons. The van der Waals surface area contributed by atoms with Gasteiger partial charge in [0, 0.05) is 12.2 Å². The molecule has 1 heterocycles. The second-order valence-corrected chi connectivity index (χ2v) is 5.38. The van der Waals surface area contributed by atoms with E-state index in [0.717, 1.165) is 13.0 Å². The first kappa shape index (κ1) is 12.7. The Bertz CT molecular complexity index is 442. The summed E-state index contributed by atoms with van der Waals surface area (Å²) in [6, 6.07) is 5.08. The zero-order valence-electron chi connectivity index (χ0n) is 9.52. The monoisotopic (exact) mass is 272 g/mol. The van der Waals surface area contributed by atoms with Crippen LogP contribution < -0.4 is 10.6 Å². The first-order chi connectivity index (χ1) is 8.01. The van der Waals surface area contributed by atoms with E-state index < -0.39 is 0 Å².